The normalized spacial score (nSPS) is 10.8. The number of benzene rings is 1. The topological polar surface area (TPSA) is 9.23 Å². The summed E-state index contributed by atoms with van der Waals surface area (Å²) < 4.78 is 5.17. The molecule has 0 saturated heterocycles. The Morgan fingerprint density at radius 1 is 1.31 bits per heavy atom. The highest BCUT2D eigenvalue weighted by Crippen LogP contribution is 2.21. The molecule has 0 heterocycles. The zero-order valence-corrected chi connectivity index (χ0v) is 8.92. The molecule has 0 amide bonds. The molecular weight excluding hydrogens is 160 g/mol. The highest BCUT2D eigenvalue weighted by atomic mass is 16.5. The molecule has 0 aliphatic rings. The SMILES string of the molecule is COCc1cc(C)ccc1C(C)C. The van der Waals surface area contributed by atoms with Gasteiger partial charge in [-0.1, -0.05) is 37.6 Å². The lowest BCUT2D eigenvalue weighted by atomic mass is 9.96. The van der Waals surface area contributed by atoms with Gasteiger partial charge in [0.25, 0.3) is 0 Å². The van der Waals surface area contributed by atoms with Crippen molar-refractivity contribution >= 4 is 0 Å². The van der Waals surface area contributed by atoms with E-state index in [0.717, 1.165) is 6.61 Å². The summed E-state index contributed by atoms with van der Waals surface area (Å²) in [6.07, 6.45) is 0. The minimum Gasteiger partial charge on any atom is -0.380 e. The predicted octanol–water partition coefficient (Wildman–Crippen LogP) is 3.26. The largest absolute Gasteiger partial charge is 0.380 e. The molecule has 13 heavy (non-hydrogen) atoms. The van der Waals surface area contributed by atoms with Gasteiger partial charge in [0.15, 0.2) is 0 Å². The summed E-state index contributed by atoms with van der Waals surface area (Å²) >= 11 is 0. The van der Waals surface area contributed by atoms with Gasteiger partial charge in [0.05, 0.1) is 6.61 Å². The third-order valence-electron chi connectivity index (χ3n) is 2.22. The molecule has 0 aromatic heterocycles. The highest BCUT2D eigenvalue weighted by molar-refractivity contribution is 5.33. The number of methoxy groups -OCH3 is 1. The molecule has 0 spiro atoms. The predicted molar refractivity (Wildman–Crippen MR) is 56.0 cm³/mol. The first kappa shape index (κ1) is 10.3. The Balaban J connectivity index is 3.03. The van der Waals surface area contributed by atoms with Gasteiger partial charge in [-0.05, 0) is 24.0 Å². The fourth-order valence-corrected chi connectivity index (χ4v) is 1.58. The van der Waals surface area contributed by atoms with Crippen LogP contribution in [-0.4, -0.2) is 7.11 Å². The maximum Gasteiger partial charge on any atom is 0.0715 e. The van der Waals surface area contributed by atoms with Crippen molar-refractivity contribution in [2.45, 2.75) is 33.3 Å². The van der Waals surface area contributed by atoms with E-state index < -0.39 is 0 Å². The van der Waals surface area contributed by atoms with Gasteiger partial charge in [-0.25, -0.2) is 0 Å². The molecule has 1 rings (SSSR count). The first-order valence-corrected chi connectivity index (χ1v) is 4.73. The van der Waals surface area contributed by atoms with Crippen molar-refractivity contribution in [3.05, 3.63) is 34.9 Å². The molecule has 1 nitrogen and oxygen atoms in total. The van der Waals surface area contributed by atoms with Crippen LogP contribution in [0.1, 0.15) is 36.5 Å². The molecule has 1 heteroatoms. The number of ether oxygens (including phenoxy) is 1. The van der Waals surface area contributed by atoms with Gasteiger partial charge < -0.3 is 4.74 Å². The Labute approximate surface area is 80.7 Å². The number of aryl methyl sites for hydroxylation is 1. The van der Waals surface area contributed by atoms with Gasteiger partial charge in [-0.3, -0.25) is 0 Å². The molecule has 0 aliphatic heterocycles. The Morgan fingerprint density at radius 2 is 2.00 bits per heavy atom. The fourth-order valence-electron chi connectivity index (χ4n) is 1.58. The smallest absolute Gasteiger partial charge is 0.0715 e. The maximum absolute atomic E-state index is 5.17. The van der Waals surface area contributed by atoms with E-state index >= 15 is 0 Å². The Kier molecular flexibility index (Phi) is 3.49. The second-order valence-electron chi connectivity index (χ2n) is 3.79. The monoisotopic (exact) mass is 178 g/mol. The van der Waals surface area contributed by atoms with Crippen LogP contribution in [0.25, 0.3) is 0 Å². The van der Waals surface area contributed by atoms with E-state index in [1.165, 1.54) is 16.7 Å². The third kappa shape index (κ3) is 2.56. The van der Waals surface area contributed by atoms with Crippen molar-refractivity contribution in [3.8, 4) is 0 Å². The van der Waals surface area contributed by atoms with Crippen molar-refractivity contribution in [1.82, 2.24) is 0 Å². The summed E-state index contributed by atoms with van der Waals surface area (Å²) in [5, 5.41) is 0. The van der Waals surface area contributed by atoms with Crippen molar-refractivity contribution < 1.29 is 4.74 Å². The summed E-state index contributed by atoms with van der Waals surface area (Å²) in [6.45, 7) is 7.26. The lowest BCUT2D eigenvalue weighted by Gasteiger charge is -2.12. The second kappa shape index (κ2) is 4.43. The number of hydrogen-bond donors (Lipinski definition) is 0. The lowest BCUT2D eigenvalue weighted by molar-refractivity contribution is 0.184. The highest BCUT2D eigenvalue weighted by Gasteiger charge is 2.05. The van der Waals surface area contributed by atoms with Gasteiger partial charge in [0, 0.05) is 7.11 Å². The van der Waals surface area contributed by atoms with Gasteiger partial charge >= 0.3 is 0 Å². The molecule has 0 N–H and O–H groups in total. The molecule has 0 unspecified atom stereocenters. The quantitative estimate of drug-likeness (QED) is 0.690. The molecule has 0 fully saturated rings. The fraction of sp³-hybridized carbons (Fsp3) is 0.500. The van der Waals surface area contributed by atoms with Crippen LogP contribution in [0, 0.1) is 6.92 Å². The van der Waals surface area contributed by atoms with E-state index in [-0.39, 0.29) is 0 Å². The molecule has 0 saturated carbocycles. The average molecular weight is 178 g/mol. The minimum absolute atomic E-state index is 0.575. The van der Waals surface area contributed by atoms with Crippen molar-refractivity contribution in [1.29, 1.82) is 0 Å². The third-order valence-corrected chi connectivity index (χ3v) is 2.22. The number of hydrogen-bond acceptors (Lipinski definition) is 1. The summed E-state index contributed by atoms with van der Waals surface area (Å²) in [7, 11) is 1.74. The maximum atomic E-state index is 5.17. The van der Waals surface area contributed by atoms with Crippen LogP contribution in [0.5, 0.6) is 0 Å². The van der Waals surface area contributed by atoms with E-state index in [4.69, 9.17) is 4.74 Å². The zero-order valence-electron chi connectivity index (χ0n) is 8.92. The summed E-state index contributed by atoms with van der Waals surface area (Å²) in [4.78, 5) is 0. The van der Waals surface area contributed by atoms with E-state index in [2.05, 4.69) is 39.0 Å². The first-order valence-electron chi connectivity index (χ1n) is 4.73. The van der Waals surface area contributed by atoms with Gasteiger partial charge in [-0.2, -0.15) is 0 Å². The van der Waals surface area contributed by atoms with Gasteiger partial charge in [0.1, 0.15) is 0 Å². The van der Waals surface area contributed by atoms with Gasteiger partial charge in [0.2, 0.25) is 0 Å². The van der Waals surface area contributed by atoms with E-state index in [9.17, 15) is 0 Å². The molecule has 1 aromatic rings. The van der Waals surface area contributed by atoms with E-state index in [1.807, 2.05) is 0 Å². The van der Waals surface area contributed by atoms with Gasteiger partial charge in [-0.15, -0.1) is 0 Å². The molecule has 0 radical (unpaired) electrons. The molecule has 0 aliphatic carbocycles. The number of rotatable bonds is 3. The van der Waals surface area contributed by atoms with Crippen LogP contribution in [0.4, 0.5) is 0 Å². The Hall–Kier alpha value is -0.820. The lowest BCUT2D eigenvalue weighted by Crippen LogP contribution is -1.98. The first-order chi connectivity index (χ1) is 6.15. The second-order valence-corrected chi connectivity index (χ2v) is 3.79. The van der Waals surface area contributed by atoms with Crippen LogP contribution >= 0.6 is 0 Å². The standard InChI is InChI=1S/C12H18O/c1-9(2)12-6-5-10(3)7-11(12)8-13-4/h5-7,9H,8H2,1-4H3. The van der Waals surface area contributed by atoms with Crippen LogP contribution in [0.15, 0.2) is 18.2 Å². The van der Waals surface area contributed by atoms with E-state index in [0.29, 0.717) is 5.92 Å². The van der Waals surface area contributed by atoms with Crippen LogP contribution < -0.4 is 0 Å². The summed E-state index contributed by atoms with van der Waals surface area (Å²) in [5.41, 5.74) is 4.02. The minimum atomic E-state index is 0.575. The van der Waals surface area contributed by atoms with Crippen molar-refractivity contribution in [2.24, 2.45) is 0 Å². The summed E-state index contributed by atoms with van der Waals surface area (Å²) in [5.74, 6) is 0.575. The van der Waals surface area contributed by atoms with Crippen LogP contribution in [0.3, 0.4) is 0 Å². The van der Waals surface area contributed by atoms with Crippen molar-refractivity contribution in [3.63, 3.8) is 0 Å². The molecule has 1 aromatic carbocycles. The Morgan fingerprint density at radius 3 is 2.54 bits per heavy atom. The summed E-state index contributed by atoms with van der Waals surface area (Å²) in [6, 6.07) is 6.57. The van der Waals surface area contributed by atoms with E-state index in [1.54, 1.807) is 7.11 Å². The molecule has 0 atom stereocenters. The van der Waals surface area contributed by atoms with Crippen molar-refractivity contribution in [2.75, 3.05) is 7.11 Å². The Bertz CT molecular complexity index is 276. The molecule has 0 bridgehead atoms. The van der Waals surface area contributed by atoms with Crippen LogP contribution in [-0.2, 0) is 11.3 Å². The zero-order chi connectivity index (χ0) is 9.84. The molecular formula is C12H18O. The average Bonchev–Trinajstić information content (AvgIpc) is 2.04. The van der Waals surface area contributed by atoms with Crippen LogP contribution in [0.2, 0.25) is 0 Å². The molecule has 72 valence electrons.